The van der Waals surface area contributed by atoms with Crippen LogP contribution in [0.15, 0.2) is 41.7 Å². The standard InChI is InChI=1S/C12H15N3/c1-14-8-7-13-10-15(2)12-6-4-3-5-11(12)9-14/h3-8,10H,9H2,1-2H3/b8-7-,13-10?. The molecule has 2 rings (SSSR count). The van der Waals surface area contributed by atoms with Gasteiger partial charge in [-0.3, -0.25) is 0 Å². The molecule has 0 saturated heterocycles. The molecule has 0 atom stereocenters. The summed E-state index contributed by atoms with van der Waals surface area (Å²) < 4.78 is 0. The summed E-state index contributed by atoms with van der Waals surface area (Å²) in [6.07, 6.45) is 5.61. The van der Waals surface area contributed by atoms with Gasteiger partial charge in [-0.2, -0.15) is 0 Å². The van der Waals surface area contributed by atoms with Crippen molar-refractivity contribution in [3.05, 3.63) is 42.2 Å². The van der Waals surface area contributed by atoms with Crippen LogP contribution in [0.5, 0.6) is 0 Å². The second-order valence-corrected chi connectivity index (χ2v) is 3.72. The first kappa shape index (κ1) is 9.77. The summed E-state index contributed by atoms with van der Waals surface area (Å²) >= 11 is 0. The molecule has 15 heavy (non-hydrogen) atoms. The first-order chi connectivity index (χ1) is 7.27. The maximum atomic E-state index is 4.20. The third-order valence-electron chi connectivity index (χ3n) is 2.44. The molecule has 1 aromatic rings. The molecule has 1 aromatic carbocycles. The van der Waals surface area contributed by atoms with Crippen molar-refractivity contribution >= 4 is 12.0 Å². The summed E-state index contributed by atoms with van der Waals surface area (Å²) in [7, 11) is 4.07. The normalized spacial score (nSPS) is 17.7. The van der Waals surface area contributed by atoms with E-state index in [1.54, 1.807) is 0 Å². The molecule has 0 saturated carbocycles. The SMILES string of the molecule is CN1/C=C\N=CN(C)c2ccccc2C1. The van der Waals surface area contributed by atoms with E-state index in [9.17, 15) is 0 Å². The van der Waals surface area contributed by atoms with Crippen molar-refractivity contribution in [1.82, 2.24) is 4.90 Å². The molecule has 0 fully saturated rings. The summed E-state index contributed by atoms with van der Waals surface area (Å²) in [5.74, 6) is 0. The number of rotatable bonds is 0. The molecule has 0 unspecified atom stereocenters. The summed E-state index contributed by atoms with van der Waals surface area (Å²) in [4.78, 5) is 8.36. The van der Waals surface area contributed by atoms with E-state index in [4.69, 9.17) is 0 Å². The van der Waals surface area contributed by atoms with Crippen LogP contribution in [-0.2, 0) is 6.54 Å². The van der Waals surface area contributed by atoms with Gasteiger partial charge >= 0.3 is 0 Å². The van der Waals surface area contributed by atoms with Crippen LogP contribution in [0.2, 0.25) is 0 Å². The second-order valence-electron chi connectivity index (χ2n) is 3.72. The van der Waals surface area contributed by atoms with Crippen LogP contribution < -0.4 is 4.90 Å². The predicted octanol–water partition coefficient (Wildman–Crippen LogP) is 2.07. The maximum absolute atomic E-state index is 4.20. The lowest BCUT2D eigenvalue weighted by Gasteiger charge is -2.19. The molecule has 78 valence electrons. The van der Waals surface area contributed by atoms with E-state index < -0.39 is 0 Å². The molecule has 0 spiro atoms. The van der Waals surface area contributed by atoms with Gasteiger partial charge in [-0.05, 0) is 11.6 Å². The molecule has 3 heteroatoms. The minimum absolute atomic E-state index is 0.903. The highest BCUT2D eigenvalue weighted by molar-refractivity contribution is 5.80. The quantitative estimate of drug-likeness (QED) is 0.640. The van der Waals surface area contributed by atoms with Crippen LogP contribution in [-0.4, -0.2) is 25.3 Å². The Morgan fingerprint density at radius 2 is 2.00 bits per heavy atom. The predicted molar refractivity (Wildman–Crippen MR) is 63.9 cm³/mol. The third kappa shape index (κ3) is 2.18. The van der Waals surface area contributed by atoms with E-state index in [0.717, 1.165) is 6.54 Å². The minimum atomic E-state index is 0.903. The zero-order chi connectivity index (χ0) is 10.7. The lowest BCUT2D eigenvalue weighted by Crippen LogP contribution is -2.17. The number of hydrogen-bond donors (Lipinski definition) is 0. The fourth-order valence-corrected chi connectivity index (χ4v) is 1.66. The van der Waals surface area contributed by atoms with E-state index in [0.29, 0.717) is 0 Å². The number of hydrogen-bond acceptors (Lipinski definition) is 3. The maximum Gasteiger partial charge on any atom is 0.0947 e. The second kappa shape index (κ2) is 4.17. The molecular weight excluding hydrogens is 186 g/mol. The molecule has 0 N–H and O–H groups in total. The fourth-order valence-electron chi connectivity index (χ4n) is 1.66. The van der Waals surface area contributed by atoms with Gasteiger partial charge in [0.05, 0.1) is 6.34 Å². The Morgan fingerprint density at radius 1 is 1.20 bits per heavy atom. The van der Waals surface area contributed by atoms with Gasteiger partial charge in [-0.25, -0.2) is 4.99 Å². The Morgan fingerprint density at radius 3 is 2.87 bits per heavy atom. The summed E-state index contributed by atoms with van der Waals surface area (Å²) in [6.45, 7) is 0.903. The highest BCUT2D eigenvalue weighted by atomic mass is 15.1. The summed E-state index contributed by atoms with van der Waals surface area (Å²) in [5, 5.41) is 0. The van der Waals surface area contributed by atoms with Gasteiger partial charge in [0.15, 0.2) is 0 Å². The number of para-hydroxylation sites is 1. The Kier molecular flexibility index (Phi) is 2.72. The van der Waals surface area contributed by atoms with E-state index in [-0.39, 0.29) is 0 Å². The molecular formula is C12H15N3. The highest BCUT2D eigenvalue weighted by Crippen LogP contribution is 2.20. The number of fused-ring (bicyclic) bond motifs is 1. The van der Waals surface area contributed by atoms with Crippen molar-refractivity contribution in [2.75, 3.05) is 19.0 Å². The highest BCUT2D eigenvalue weighted by Gasteiger charge is 2.06. The fraction of sp³-hybridized carbons (Fsp3) is 0.250. The lowest BCUT2D eigenvalue weighted by molar-refractivity contribution is 0.451. The molecule has 0 amide bonds. The van der Waals surface area contributed by atoms with Gasteiger partial charge in [0.25, 0.3) is 0 Å². The first-order valence-corrected chi connectivity index (χ1v) is 4.98. The summed E-state index contributed by atoms with van der Waals surface area (Å²) in [6, 6.07) is 8.38. The largest absolute Gasteiger partial charge is 0.375 e. The van der Waals surface area contributed by atoms with Crippen molar-refractivity contribution < 1.29 is 0 Å². The third-order valence-corrected chi connectivity index (χ3v) is 2.44. The minimum Gasteiger partial charge on any atom is -0.375 e. The van der Waals surface area contributed by atoms with Crippen LogP contribution in [0, 0.1) is 0 Å². The molecule has 0 aromatic heterocycles. The van der Waals surface area contributed by atoms with Gasteiger partial charge in [0.1, 0.15) is 0 Å². The van der Waals surface area contributed by atoms with Crippen molar-refractivity contribution in [3.8, 4) is 0 Å². The zero-order valence-corrected chi connectivity index (χ0v) is 9.09. The van der Waals surface area contributed by atoms with Crippen molar-refractivity contribution in [2.24, 2.45) is 4.99 Å². The number of aliphatic imine (C=N–C) groups is 1. The lowest BCUT2D eigenvalue weighted by atomic mass is 10.1. The smallest absolute Gasteiger partial charge is 0.0947 e. The Bertz CT molecular complexity index is 396. The van der Waals surface area contributed by atoms with Crippen molar-refractivity contribution in [1.29, 1.82) is 0 Å². The topological polar surface area (TPSA) is 18.8 Å². The Hall–Kier alpha value is -1.77. The van der Waals surface area contributed by atoms with Crippen LogP contribution in [0.4, 0.5) is 5.69 Å². The number of nitrogens with zero attached hydrogens (tertiary/aromatic N) is 3. The van der Waals surface area contributed by atoms with Crippen LogP contribution in [0.25, 0.3) is 0 Å². The average Bonchev–Trinajstić information content (AvgIpc) is 2.30. The first-order valence-electron chi connectivity index (χ1n) is 4.98. The van der Waals surface area contributed by atoms with Crippen LogP contribution in [0.1, 0.15) is 5.56 Å². The zero-order valence-electron chi connectivity index (χ0n) is 9.09. The monoisotopic (exact) mass is 201 g/mol. The number of anilines is 1. The van der Waals surface area contributed by atoms with Gasteiger partial charge in [-0.1, -0.05) is 18.2 Å². The molecule has 3 nitrogen and oxygen atoms in total. The summed E-state index contributed by atoms with van der Waals surface area (Å²) in [5.41, 5.74) is 2.51. The molecule has 0 radical (unpaired) electrons. The van der Waals surface area contributed by atoms with Crippen molar-refractivity contribution in [2.45, 2.75) is 6.54 Å². The van der Waals surface area contributed by atoms with Crippen molar-refractivity contribution in [3.63, 3.8) is 0 Å². The van der Waals surface area contributed by atoms with E-state index in [1.165, 1.54) is 11.3 Å². The molecule has 1 heterocycles. The number of benzene rings is 1. The average molecular weight is 201 g/mol. The van der Waals surface area contributed by atoms with Crippen LogP contribution >= 0.6 is 0 Å². The van der Waals surface area contributed by atoms with E-state index >= 15 is 0 Å². The van der Waals surface area contributed by atoms with Crippen LogP contribution in [0.3, 0.4) is 0 Å². The van der Waals surface area contributed by atoms with E-state index in [2.05, 4.69) is 34.2 Å². The molecule has 0 bridgehead atoms. The Balaban J connectivity index is 2.42. The van der Waals surface area contributed by atoms with Gasteiger partial charge in [0, 0.05) is 38.7 Å². The van der Waals surface area contributed by atoms with Gasteiger partial charge in [-0.15, -0.1) is 0 Å². The molecule has 1 aliphatic rings. The molecule has 1 aliphatic heterocycles. The Labute approximate surface area is 90.3 Å². The van der Waals surface area contributed by atoms with Gasteiger partial charge in [0.2, 0.25) is 0 Å². The molecule has 0 aliphatic carbocycles. The van der Waals surface area contributed by atoms with E-state index in [1.807, 2.05) is 37.7 Å². The van der Waals surface area contributed by atoms with Gasteiger partial charge < -0.3 is 9.80 Å².